The highest BCUT2D eigenvalue weighted by Crippen LogP contribution is 2.46. The van der Waals surface area contributed by atoms with E-state index in [0.29, 0.717) is 5.92 Å². The quantitative estimate of drug-likeness (QED) is 0.801. The third-order valence-corrected chi connectivity index (χ3v) is 3.76. The number of rotatable bonds is 3. The fourth-order valence-corrected chi connectivity index (χ4v) is 2.62. The predicted molar refractivity (Wildman–Crippen MR) is 74.4 cm³/mol. The number of ether oxygens (including phenoxy) is 1. The van der Waals surface area contributed by atoms with Crippen LogP contribution in [0.25, 0.3) is 10.9 Å². The highest BCUT2D eigenvalue weighted by Gasteiger charge is 2.29. The first-order valence-electron chi connectivity index (χ1n) is 6.67. The third kappa shape index (κ3) is 1.86. The molecule has 2 aromatic rings. The van der Waals surface area contributed by atoms with E-state index in [9.17, 15) is 0 Å². The van der Waals surface area contributed by atoms with Crippen molar-refractivity contribution in [1.29, 1.82) is 0 Å². The Hall–Kier alpha value is -1.57. The summed E-state index contributed by atoms with van der Waals surface area (Å²) in [5.74, 6) is 2.19. The summed E-state index contributed by atoms with van der Waals surface area (Å²) in [5, 5.41) is 1.28. The van der Waals surface area contributed by atoms with Crippen molar-refractivity contribution in [1.82, 2.24) is 4.98 Å². The van der Waals surface area contributed by atoms with Gasteiger partial charge < -0.3 is 4.74 Å². The van der Waals surface area contributed by atoms with Gasteiger partial charge >= 0.3 is 0 Å². The van der Waals surface area contributed by atoms with Crippen molar-refractivity contribution in [3.63, 3.8) is 0 Å². The van der Waals surface area contributed by atoms with Crippen molar-refractivity contribution < 1.29 is 4.74 Å². The monoisotopic (exact) mass is 241 g/mol. The van der Waals surface area contributed by atoms with Crippen molar-refractivity contribution >= 4 is 10.9 Å². The minimum atomic E-state index is 0.531. The normalized spacial score (nSPS) is 15.3. The standard InChI is InChI=1S/C16H19NO/c1-10(2)14-9-17-15-7-6-12(18-3)8-13(15)16(14)11-4-5-11/h6-11H,4-5H2,1-3H3. The average Bonchev–Trinajstić information content (AvgIpc) is 3.20. The van der Waals surface area contributed by atoms with E-state index in [-0.39, 0.29) is 0 Å². The SMILES string of the molecule is COc1ccc2ncc(C(C)C)c(C3CC3)c2c1. The summed E-state index contributed by atoms with van der Waals surface area (Å²) in [5.41, 5.74) is 3.99. The van der Waals surface area contributed by atoms with Crippen LogP contribution in [0.2, 0.25) is 0 Å². The summed E-state index contributed by atoms with van der Waals surface area (Å²) in [6, 6.07) is 6.19. The Morgan fingerprint density at radius 1 is 1.28 bits per heavy atom. The summed E-state index contributed by atoms with van der Waals surface area (Å²) >= 11 is 0. The van der Waals surface area contributed by atoms with Gasteiger partial charge in [0.05, 0.1) is 12.6 Å². The lowest BCUT2D eigenvalue weighted by molar-refractivity contribution is 0.415. The second kappa shape index (κ2) is 4.27. The molecule has 0 aliphatic heterocycles. The molecule has 2 nitrogen and oxygen atoms in total. The molecule has 1 aromatic carbocycles. The number of benzene rings is 1. The van der Waals surface area contributed by atoms with E-state index in [0.717, 1.165) is 17.2 Å². The number of nitrogens with zero attached hydrogens (tertiary/aromatic N) is 1. The summed E-state index contributed by atoms with van der Waals surface area (Å²) in [6.07, 6.45) is 4.69. The molecule has 1 aliphatic rings. The summed E-state index contributed by atoms with van der Waals surface area (Å²) < 4.78 is 5.35. The molecule has 1 aromatic heterocycles. The van der Waals surface area contributed by atoms with Crippen LogP contribution in [0.15, 0.2) is 24.4 Å². The van der Waals surface area contributed by atoms with E-state index in [4.69, 9.17) is 4.74 Å². The predicted octanol–water partition coefficient (Wildman–Crippen LogP) is 4.24. The van der Waals surface area contributed by atoms with Gasteiger partial charge in [0, 0.05) is 11.6 Å². The van der Waals surface area contributed by atoms with E-state index in [1.165, 1.54) is 29.4 Å². The van der Waals surface area contributed by atoms with Crippen LogP contribution in [0.5, 0.6) is 5.75 Å². The van der Waals surface area contributed by atoms with Gasteiger partial charge in [-0.25, -0.2) is 0 Å². The molecule has 1 saturated carbocycles. The topological polar surface area (TPSA) is 22.1 Å². The molecule has 3 rings (SSSR count). The molecule has 2 heteroatoms. The van der Waals surface area contributed by atoms with E-state index in [2.05, 4.69) is 37.2 Å². The van der Waals surface area contributed by atoms with Crippen LogP contribution < -0.4 is 4.74 Å². The van der Waals surface area contributed by atoms with E-state index in [1.807, 2.05) is 6.07 Å². The molecule has 1 fully saturated rings. The van der Waals surface area contributed by atoms with Crippen LogP contribution in [-0.4, -0.2) is 12.1 Å². The van der Waals surface area contributed by atoms with Crippen molar-refractivity contribution in [3.8, 4) is 5.75 Å². The van der Waals surface area contributed by atoms with Gasteiger partial charge in [0.1, 0.15) is 5.75 Å². The number of hydrogen-bond acceptors (Lipinski definition) is 2. The summed E-state index contributed by atoms with van der Waals surface area (Å²) in [6.45, 7) is 4.49. The van der Waals surface area contributed by atoms with Gasteiger partial charge in [-0.1, -0.05) is 13.8 Å². The average molecular weight is 241 g/mol. The Kier molecular flexibility index (Phi) is 2.73. The molecule has 0 radical (unpaired) electrons. The van der Waals surface area contributed by atoms with Gasteiger partial charge in [-0.3, -0.25) is 4.98 Å². The molecule has 0 bridgehead atoms. The smallest absolute Gasteiger partial charge is 0.119 e. The molecule has 1 heterocycles. The molecule has 0 unspecified atom stereocenters. The lowest BCUT2D eigenvalue weighted by Gasteiger charge is -2.15. The maximum absolute atomic E-state index is 5.35. The van der Waals surface area contributed by atoms with Crippen LogP contribution in [0.4, 0.5) is 0 Å². The number of pyridine rings is 1. The third-order valence-electron chi connectivity index (χ3n) is 3.76. The fourth-order valence-electron chi connectivity index (χ4n) is 2.62. The zero-order chi connectivity index (χ0) is 12.7. The van der Waals surface area contributed by atoms with Crippen molar-refractivity contribution in [2.75, 3.05) is 7.11 Å². The first-order valence-corrected chi connectivity index (χ1v) is 6.67. The number of hydrogen-bond donors (Lipinski definition) is 0. The largest absolute Gasteiger partial charge is 0.497 e. The van der Waals surface area contributed by atoms with Gasteiger partial charge in [0.15, 0.2) is 0 Å². The second-order valence-electron chi connectivity index (χ2n) is 5.44. The summed E-state index contributed by atoms with van der Waals surface area (Å²) in [4.78, 5) is 4.59. The number of aromatic nitrogens is 1. The Morgan fingerprint density at radius 3 is 2.67 bits per heavy atom. The van der Waals surface area contributed by atoms with Crippen LogP contribution in [0, 0.1) is 0 Å². The number of methoxy groups -OCH3 is 1. The zero-order valence-electron chi connectivity index (χ0n) is 11.2. The van der Waals surface area contributed by atoms with Gasteiger partial charge in [0.25, 0.3) is 0 Å². The lowest BCUT2D eigenvalue weighted by Crippen LogP contribution is -1.98. The first kappa shape index (κ1) is 11.5. The van der Waals surface area contributed by atoms with E-state index < -0.39 is 0 Å². The van der Waals surface area contributed by atoms with Gasteiger partial charge in [-0.05, 0) is 54.0 Å². The maximum atomic E-state index is 5.35. The Morgan fingerprint density at radius 2 is 2.06 bits per heavy atom. The van der Waals surface area contributed by atoms with Crippen LogP contribution in [0.1, 0.15) is 49.7 Å². The van der Waals surface area contributed by atoms with Crippen LogP contribution in [-0.2, 0) is 0 Å². The summed E-state index contributed by atoms with van der Waals surface area (Å²) in [7, 11) is 1.72. The molecule has 1 aliphatic carbocycles. The molecule has 0 amide bonds. The fraction of sp³-hybridized carbons (Fsp3) is 0.438. The van der Waals surface area contributed by atoms with Gasteiger partial charge in [0.2, 0.25) is 0 Å². The van der Waals surface area contributed by atoms with Gasteiger partial charge in [-0.2, -0.15) is 0 Å². The minimum absolute atomic E-state index is 0.531. The van der Waals surface area contributed by atoms with Crippen molar-refractivity contribution in [2.45, 2.75) is 38.5 Å². The Bertz CT molecular complexity index is 585. The van der Waals surface area contributed by atoms with Crippen molar-refractivity contribution in [2.24, 2.45) is 0 Å². The first-order chi connectivity index (χ1) is 8.70. The molecule has 0 atom stereocenters. The van der Waals surface area contributed by atoms with Crippen molar-refractivity contribution in [3.05, 3.63) is 35.5 Å². The molecular formula is C16H19NO. The highest BCUT2D eigenvalue weighted by atomic mass is 16.5. The van der Waals surface area contributed by atoms with Crippen LogP contribution in [0.3, 0.4) is 0 Å². The van der Waals surface area contributed by atoms with Gasteiger partial charge in [-0.15, -0.1) is 0 Å². The van der Waals surface area contributed by atoms with Crippen LogP contribution >= 0.6 is 0 Å². The molecular weight excluding hydrogens is 222 g/mol. The molecule has 18 heavy (non-hydrogen) atoms. The lowest BCUT2D eigenvalue weighted by atomic mass is 9.93. The zero-order valence-corrected chi connectivity index (χ0v) is 11.2. The molecule has 0 spiro atoms. The highest BCUT2D eigenvalue weighted by molar-refractivity contribution is 5.85. The Labute approximate surface area is 108 Å². The number of fused-ring (bicyclic) bond motifs is 1. The Balaban J connectivity index is 2.28. The molecule has 0 saturated heterocycles. The minimum Gasteiger partial charge on any atom is -0.497 e. The molecule has 0 N–H and O–H groups in total. The second-order valence-corrected chi connectivity index (χ2v) is 5.44. The van der Waals surface area contributed by atoms with E-state index in [1.54, 1.807) is 7.11 Å². The molecule has 94 valence electrons. The maximum Gasteiger partial charge on any atom is 0.119 e. The van der Waals surface area contributed by atoms with E-state index >= 15 is 0 Å².